The fourth-order valence-corrected chi connectivity index (χ4v) is 4.26. The van der Waals surface area contributed by atoms with Crippen molar-refractivity contribution in [3.63, 3.8) is 0 Å². The van der Waals surface area contributed by atoms with E-state index in [1.807, 2.05) is 4.90 Å². The van der Waals surface area contributed by atoms with Crippen LogP contribution in [0, 0.1) is 11.7 Å². The average molecular weight is 354 g/mol. The van der Waals surface area contributed by atoms with E-state index < -0.39 is 15.7 Å². The molecule has 1 atom stereocenters. The Hall–Kier alpha value is -1.47. The fourth-order valence-electron chi connectivity index (χ4n) is 3.62. The summed E-state index contributed by atoms with van der Waals surface area (Å²) in [6.07, 6.45) is 4.05. The summed E-state index contributed by atoms with van der Waals surface area (Å²) in [6.45, 7) is 2.60. The molecule has 1 aromatic rings. The Kier molecular flexibility index (Phi) is 4.92. The highest BCUT2D eigenvalue weighted by Gasteiger charge is 2.36. The predicted molar refractivity (Wildman–Crippen MR) is 88.9 cm³/mol. The van der Waals surface area contributed by atoms with Gasteiger partial charge in [0.2, 0.25) is 5.91 Å². The van der Waals surface area contributed by atoms with Gasteiger partial charge in [-0.15, -0.1) is 0 Å². The molecular weight excluding hydrogens is 331 g/mol. The minimum atomic E-state index is -3.42. The van der Waals surface area contributed by atoms with Crippen LogP contribution in [0.25, 0.3) is 0 Å². The molecule has 24 heavy (non-hydrogen) atoms. The molecule has 0 saturated carbocycles. The predicted octanol–water partition coefficient (Wildman–Crippen LogP) is 1.37. The van der Waals surface area contributed by atoms with Crippen LogP contribution < -0.4 is 5.32 Å². The van der Waals surface area contributed by atoms with Crippen LogP contribution in [0.2, 0.25) is 0 Å². The van der Waals surface area contributed by atoms with Crippen LogP contribution >= 0.6 is 0 Å². The number of nitrogens with one attached hydrogen (secondary N) is 1. The summed E-state index contributed by atoms with van der Waals surface area (Å²) in [5, 5.41) is 3.29. The van der Waals surface area contributed by atoms with Crippen LogP contribution in [0.5, 0.6) is 0 Å². The van der Waals surface area contributed by atoms with Crippen LogP contribution in [0.4, 0.5) is 4.39 Å². The SMILES string of the molecule is CS(=O)(=O)c1ccc(C[C@H]2CCN(C3CCNCC3)C2=O)c(F)c1. The minimum absolute atomic E-state index is 0.0298. The first kappa shape index (κ1) is 17.4. The van der Waals surface area contributed by atoms with Crippen molar-refractivity contribution in [2.24, 2.45) is 5.92 Å². The van der Waals surface area contributed by atoms with E-state index in [1.165, 1.54) is 12.1 Å². The third-order valence-electron chi connectivity index (χ3n) is 5.02. The topological polar surface area (TPSA) is 66.5 Å². The zero-order valence-electron chi connectivity index (χ0n) is 13.8. The highest BCUT2D eigenvalue weighted by molar-refractivity contribution is 7.90. The van der Waals surface area contributed by atoms with Crippen molar-refractivity contribution in [2.75, 3.05) is 25.9 Å². The van der Waals surface area contributed by atoms with Gasteiger partial charge in [-0.3, -0.25) is 4.79 Å². The molecule has 1 N–H and O–H groups in total. The van der Waals surface area contributed by atoms with E-state index >= 15 is 0 Å². The molecule has 0 bridgehead atoms. The van der Waals surface area contributed by atoms with E-state index in [4.69, 9.17) is 0 Å². The van der Waals surface area contributed by atoms with Gasteiger partial charge >= 0.3 is 0 Å². The molecule has 2 saturated heterocycles. The first-order valence-electron chi connectivity index (χ1n) is 8.36. The lowest BCUT2D eigenvalue weighted by Gasteiger charge is -2.31. The van der Waals surface area contributed by atoms with E-state index in [-0.39, 0.29) is 16.7 Å². The lowest BCUT2D eigenvalue weighted by Crippen LogP contribution is -2.44. The zero-order chi connectivity index (χ0) is 17.3. The molecule has 2 heterocycles. The summed E-state index contributed by atoms with van der Waals surface area (Å²) in [5.74, 6) is -0.655. The Bertz CT molecular complexity index is 729. The number of carbonyl (C=O) groups is 1. The molecule has 132 valence electrons. The molecule has 0 aromatic heterocycles. The molecule has 2 aliphatic rings. The first-order chi connectivity index (χ1) is 11.4. The summed E-state index contributed by atoms with van der Waals surface area (Å²) in [4.78, 5) is 14.6. The quantitative estimate of drug-likeness (QED) is 0.887. The number of piperidine rings is 1. The number of likely N-dealkylation sites (tertiary alicyclic amines) is 1. The Labute approximate surface area is 142 Å². The van der Waals surface area contributed by atoms with Gasteiger partial charge in [-0.1, -0.05) is 6.07 Å². The molecule has 0 aliphatic carbocycles. The second-order valence-electron chi connectivity index (χ2n) is 6.73. The summed E-state index contributed by atoms with van der Waals surface area (Å²) >= 11 is 0. The second-order valence-corrected chi connectivity index (χ2v) is 8.74. The zero-order valence-corrected chi connectivity index (χ0v) is 14.6. The molecule has 5 nitrogen and oxygen atoms in total. The number of hydrogen-bond acceptors (Lipinski definition) is 4. The molecule has 0 radical (unpaired) electrons. The Morgan fingerprint density at radius 3 is 2.58 bits per heavy atom. The smallest absolute Gasteiger partial charge is 0.226 e. The second kappa shape index (κ2) is 6.80. The number of carbonyl (C=O) groups excluding carboxylic acids is 1. The monoisotopic (exact) mass is 354 g/mol. The van der Waals surface area contributed by atoms with Gasteiger partial charge in [-0.05, 0) is 56.5 Å². The van der Waals surface area contributed by atoms with Gasteiger partial charge in [0.25, 0.3) is 0 Å². The van der Waals surface area contributed by atoms with Gasteiger partial charge in [0.1, 0.15) is 5.82 Å². The van der Waals surface area contributed by atoms with Gasteiger partial charge in [-0.2, -0.15) is 0 Å². The van der Waals surface area contributed by atoms with Gasteiger partial charge in [0, 0.05) is 24.8 Å². The van der Waals surface area contributed by atoms with Gasteiger partial charge < -0.3 is 10.2 Å². The van der Waals surface area contributed by atoms with Crippen LogP contribution in [0.15, 0.2) is 23.1 Å². The summed E-state index contributed by atoms with van der Waals surface area (Å²) in [5.41, 5.74) is 0.410. The summed E-state index contributed by atoms with van der Waals surface area (Å²) < 4.78 is 37.2. The van der Waals surface area contributed by atoms with E-state index in [0.717, 1.165) is 51.2 Å². The van der Waals surface area contributed by atoms with Crippen molar-refractivity contribution in [1.29, 1.82) is 0 Å². The molecule has 1 aromatic carbocycles. The molecule has 0 unspecified atom stereocenters. The highest BCUT2D eigenvalue weighted by Crippen LogP contribution is 2.28. The van der Waals surface area contributed by atoms with E-state index in [9.17, 15) is 17.6 Å². The number of amides is 1. The maximum absolute atomic E-state index is 14.2. The molecule has 0 spiro atoms. The fraction of sp³-hybridized carbons (Fsp3) is 0.588. The van der Waals surface area contributed by atoms with Gasteiger partial charge in [-0.25, -0.2) is 12.8 Å². The van der Waals surface area contributed by atoms with Crippen LogP contribution in [0.3, 0.4) is 0 Å². The first-order valence-corrected chi connectivity index (χ1v) is 10.2. The van der Waals surface area contributed by atoms with Crippen molar-refractivity contribution < 1.29 is 17.6 Å². The Morgan fingerprint density at radius 2 is 1.96 bits per heavy atom. The average Bonchev–Trinajstić information content (AvgIpc) is 2.90. The standard InChI is InChI=1S/C17H23FN2O3S/c1-24(22,23)15-3-2-12(16(18)11-15)10-13-6-9-20(17(13)21)14-4-7-19-8-5-14/h2-3,11,13-14,19H,4-10H2,1H3/t13-/m1/s1. The van der Waals surface area contributed by atoms with Crippen LogP contribution in [-0.4, -0.2) is 51.2 Å². The van der Waals surface area contributed by atoms with Crippen molar-refractivity contribution in [3.8, 4) is 0 Å². The summed E-state index contributed by atoms with van der Waals surface area (Å²) in [6, 6.07) is 4.25. The molecule has 3 rings (SSSR count). The molecule has 2 aliphatic heterocycles. The van der Waals surface area contributed by atoms with E-state index in [0.29, 0.717) is 18.0 Å². The van der Waals surface area contributed by atoms with Crippen molar-refractivity contribution in [1.82, 2.24) is 10.2 Å². The van der Waals surface area contributed by atoms with Crippen molar-refractivity contribution >= 4 is 15.7 Å². The molecule has 2 fully saturated rings. The van der Waals surface area contributed by atoms with Crippen molar-refractivity contribution in [3.05, 3.63) is 29.6 Å². The molecule has 1 amide bonds. The van der Waals surface area contributed by atoms with Crippen LogP contribution in [-0.2, 0) is 21.1 Å². The van der Waals surface area contributed by atoms with E-state index in [2.05, 4.69) is 5.32 Å². The Balaban J connectivity index is 1.69. The third-order valence-corrected chi connectivity index (χ3v) is 6.13. The number of benzene rings is 1. The third kappa shape index (κ3) is 3.62. The Morgan fingerprint density at radius 1 is 1.25 bits per heavy atom. The summed E-state index contributed by atoms with van der Waals surface area (Å²) in [7, 11) is -3.42. The number of hydrogen-bond donors (Lipinski definition) is 1. The number of halogens is 1. The normalized spacial score (nSPS) is 23.0. The number of rotatable bonds is 4. The molecular formula is C17H23FN2O3S. The van der Waals surface area contributed by atoms with Gasteiger partial charge in [0.05, 0.1) is 4.90 Å². The lowest BCUT2D eigenvalue weighted by atomic mass is 9.97. The minimum Gasteiger partial charge on any atom is -0.339 e. The van der Waals surface area contributed by atoms with Gasteiger partial charge in [0.15, 0.2) is 9.84 Å². The number of nitrogens with zero attached hydrogens (tertiary/aromatic N) is 1. The number of sulfone groups is 1. The maximum Gasteiger partial charge on any atom is 0.226 e. The maximum atomic E-state index is 14.2. The highest BCUT2D eigenvalue weighted by atomic mass is 32.2. The van der Waals surface area contributed by atoms with Crippen LogP contribution in [0.1, 0.15) is 24.8 Å². The lowest BCUT2D eigenvalue weighted by molar-refractivity contribution is -0.133. The molecule has 7 heteroatoms. The van der Waals surface area contributed by atoms with Crippen molar-refractivity contribution in [2.45, 2.75) is 36.6 Å². The van der Waals surface area contributed by atoms with E-state index in [1.54, 1.807) is 0 Å². The largest absolute Gasteiger partial charge is 0.339 e.